The van der Waals surface area contributed by atoms with E-state index < -0.39 is 31.5 Å². The first-order chi connectivity index (χ1) is 11.4. The second-order valence-electron chi connectivity index (χ2n) is 5.45. The number of carbonyl (C=O) groups is 1. The van der Waals surface area contributed by atoms with Crippen LogP contribution in [0.4, 0.5) is 23.4 Å². The number of amides is 1. The standard InChI is InChI=1S/C14H18F4N4O2/c15-13(16)14(17,18)9-24-8-12(23)21-10-1-5-22(6-2-10)11-7-19-3-4-20-11/h3-4,7,10,13H,1-2,5-6,8-9H2,(H,21,23). The predicted octanol–water partition coefficient (Wildman–Crippen LogP) is 1.48. The van der Waals surface area contributed by atoms with Crippen LogP contribution in [0.2, 0.25) is 0 Å². The molecule has 1 aliphatic rings. The van der Waals surface area contributed by atoms with Crippen LogP contribution in [0.1, 0.15) is 12.8 Å². The molecule has 6 nitrogen and oxygen atoms in total. The number of hydrogen-bond donors (Lipinski definition) is 1. The van der Waals surface area contributed by atoms with Crippen molar-refractivity contribution in [2.75, 3.05) is 31.2 Å². The molecule has 2 heterocycles. The molecule has 0 bridgehead atoms. The van der Waals surface area contributed by atoms with E-state index in [0.717, 1.165) is 5.82 Å². The summed E-state index contributed by atoms with van der Waals surface area (Å²) in [6.07, 6.45) is 2.30. The maximum atomic E-state index is 12.6. The van der Waals surface area contributed by atoms with Crippen molar-refractivity contribution >= 4 is 11.7 Å². The molecule has 0 aromatic carbocycles. The van der Waals surface area contributed by atoms with Gasteiger partial charge in [-0.15, -0.1) is 0 Å². The van der Waals surface area contributed by atoms with E-state index in [1.54, 1.807) is 18.6 Å². The maximum absolute atomic E-state index is 12.6. The number of piperidine rings is 1. The van der Waals surface area contributed by atoms with Crippen molar-refractivity contribution in [2.45, 2.75) is 31.2 Å². The summed E-state index contributed by atoms with van der Waals surface area (Å²) in [7, 11) is 0. The van der Waals surface area contributed by atoms with Gasteiger partial charge in [-0.1, -0.05) is 0 Å². The predicted molar refractivity (Wildman–Crippen MR) is 77.2 cm³/mol. The quantitative estimate of drug-likeness (QED) is 0.755. The minimum Gasteiger partial charge on any atom is -0.365 e. The Kier molecular flexibility index (Phi) is 6.29. The van der Waals surface area contributed by atoms with E-state index in [1.807, 2.05) is 4.90 Å². The normalized spacial score (nSPS) is 16.5. The Morgan fingerprint density at radius 1 is 1.38 bits per heavy atom. The fraction of sp³-hybridized carbons (Fsp3) is 0.643. The van der Waals surface area contributed by atoms with E-state index in [4.69, 9.17) is 0 Å². The van der Waals surface area contributed by atoms with E-state index in [2.05, 4.69) is 20.0 Å². The van der Waals surface area contributed by atoms with Crippen LogP contribution in [0.25, 0.3) is 0 Å². The van der Waals surface area contributed by atoms with Crippen LogP contribution in [0, 0.1) is 0 Å². The van der Waals surface area contributed by atoms with Gasteiger partial charge >= 0.3 is 12.3 Å². The average Bonchev–Trinajstić information content (AvgIpc) is 2.56. The van der Waals surface area contributed by atoms with Crippen LogP contribution in [0.3, 0.4) is 0 Å². The van der Waals surface area contributed by atoms with Crippen LogP contribution >= 0.6 is 0 Å². The van der Waals surface area contributed by atoms with Crippen molar-refractivity contribution in [1.29, 1.82) is 0 Å². The van der Waals surface area contributed by atoms with Gasteiger partial charge in [0, 0.05) is 31.5 Å². The number of halogens is 4. The van der Waals surface area contributed by atoms with Crippen LogP contribution < -0.4 is 10.2 Å². The number of ether oxygens (including phenoxy) is 1. The summed E-state index contributed by atoms with van der Waals surface area (Å²) in [6.45, 7) is -0.836. The maximum Gasteiger partial charge on any atom is 0.330 e. The van der Waals surface area contributed by atoms with Crippen molar-refractivity contribution in [2.24, 2.45) is 0 Å². The average molecular weight is 350 g/mol. The Labute approximate surface area is 136 Å². The molecule has 1 amide bonds. The molecule has 1 aromatic rings. The zero-order valence-electron chi connectivity index (χ0n) is 12.8. The van der Waals surface area contributed by atoms with Crippen LogP contribution in [0.15, 0.2) is 18.6 Å². The summed E-state index contributed by atoms with van der Waals surface area (Å²) in [4.78, 5) is 21.8. The van der Waals surface area contributed by atoms with E-state index in [1.165, 1.54) is 0 Å². The van der Waals surface area contributed by atoms with Gasteiger partial charge in [0.15, 0.2) is 0 Å². The van der Waals surface area contributed by atoms with Crippen molar-refractivity contribution in [3.8, 4) is 0 Å². The van der Waals surface area contributed by atoms with Crippen molar-refractivity contribution < 1.29 is 27.1 Å². The highest BCUT2D eigenvalue weighted by atomic mass is 19.3. The van der Waals surface area contributed by atoms with Gasteiger partial charge in [0.2, 0.25) is 5.91 Å². The molecule has 1 saturated heterocycles. The molecule has 1 fully saturated rings. The zero-order chi connectivity index (χ0) is 17.6. The molecule has 0 aliphatic carbocycles. The molecule has 134 valence electrons. The summed E-state index contributed by atoms with van der Waals surface area (Å²) in [6, 6.07) is -0.121. The lowest BCUT2D eigenvalue weighted by atomic mass is 10.1. The largest absolute Gasteiger partial charge is 0.365 e. The van der Waals surface area contributed by atoms with Gasteiger partial charge in [-0.3, -0.25) is 9.78 Å². The molecular formula is C14H18F4N4O2. The highest BCUT2D eigenvalue weighted by molar-refractivity contribution is 5.77. The number of nitrogens with one attached hydrogen (secondary N) is 1. The molecule has 24 heavy (non-hydrogen) atoms. The van der Waals surface area contributed by atoms with Gasteiger partial charge in [0.25, 0.3) is 0 Å². The summed E-state index contributed by atoms with van der Waals surface area (Å²) in [5, 5.41) is 2.65. The highest BCUT2D eigenvalue weighted by Crippen LogP contribution is 2.22. The number of aromatic nitrogens is 2. The molecule has 0 atom stereocenters. The monoisotopic (exact) mass is 350 g/mol. The van der Waals surface area contributed by atoms with Gasteiger partial charge in [-0.2, -0.15) is 8.78 Å². The first-order valence-electron chi connectivity index (χ1n) is 7.42. The number of carbonyl (C=O) groups excluding carboxylic acids is 1. The minimum absolute atomic E-state index is 0.121. The zero-order valence-corrected chi connectivity index (χ0v) is 12.8. The van der Waals surface area contributed by atoms with Crippen molar-refractivity contribution in [3.05, 3.63) is 18.6 Å². The molecule has 0 radical (unpaired) electrons. The van der Waals surface area contributed by atoms with E-state index in [-0.39, 0.29) is 6.04 Å². The topological polar surface area (TPSA) is 67.3 Å². The van der Waals surface area contributed by atoms with Crippen LogP contribution in [0.5, 0.6) is 0 Å². The van der Waals surface area contributed by atoms with E-state index in [0.29, 0.717) is 25.9 Å². The molecule has 0 unspecified atom stereocenters. The first kappa shape index (κ1) is 18.4. The molecule has 2 rings (SSSR count). The first-order valence-corrected chi connectivity index (χ1v) is 7.42. The Bertz CT molecular complexity index is 525. The third-order valence-electron chi connectivity index (χ3n) is 3.58. The minimum atomic E-state index is -4.25. The number of rotatable bonds is 7. The molecule has 0 saturated carbocycles. The van der Waals surface area contributed by atoms with Gasteiger partial charge < -0.3 is 15.0 Å². The lowest BCUT2D eigenvalue weighted by Crippen LogP contribution is -2.46. The number of hydrogen-bond acceptors (Lipinski definition) is 5. The highest BCUT2D eigenvalue weighted by Gasteiger charge is 2.41. The fourth-order valence-corrected chi connectivity index (χ4v) is 2.32. The van der Waals surface area contributed by atoms with Gasteiger partial charge in [-0.05, 0) is 12.8 Å². The SMILES string of the molecule is O=C(COCC(F)(F)C(F)F)NC1CCN(c2cnccn2)CC1. The number of anilines is 1. The molecule has 1 aliphatic heterocycles. The van der Waals surface area contributed by atoms with Crippen LogP contribution in [-0.2, 0) is 9.53 Å². The van der Waals surface area contributed by atoms with E-state index in [9.17, 15) is 22.4 Å². The fourth-order valence-electron chi connectivity index (χ4n) is 2.32. The summed E-state index contributed by atoms with van der Waals surface area (Å²) < 4.78 is 53.5. The van der Waals surface area contributed by atoms with Crippen molar-refractivity contribution in [3.63, 3.8) is 0 Å². The lowest BCUT2D eigenvalue weighted by molar-refractivity contribution is -0.168. The summed E-state index contributed by atoms with van der Waals surface area (Å²) in [5.41, 5.74) is 0. The Morgan fingerprint density at radius 3 is 2.67 bits per heavy atom. The molecule has 1 N–H and O–H groups in total. The summed E-state index contributed by atoms with van der Waals surface area (Å²) in [5.74, 6) is -4.10. The Morgan fingerprint density at radius 2 is 2.08 bits per heavy atom. The van der Waals surface area contributed by atoms with E-state index >= 15 is 0 Å². The number of nitrogens with zero attached hydrogens (tertiary/aromatic N) is 3. The van der Waals surface area contributed by atoms with Crippen LogP contribution in [-0.4, -0.2) is 60.6 Å². The lowest BCUT2D eigenvalue weighted by Gasteiger charge is -2.32. The second kappa shape index (κ2) is 8.22. The molecule has 1 aromatic heterocycles. The smallest absolute Gasteiger partial charge is 0.330 e. The third kappa shape index (κ3) is 5.29. The van der Waals surface area contributed by atoms with Gasteiger partial charge in [0.1, 0.15) is 19.0 Å². The van der Waals surface area contributed by atoms with Gasteiger partial charge in [-0.25, -0.2) is 13.8 Å². The Balaban J connectivity index is 1.67. The second-order valence-corrected chi connectivity index (χ2v) is 5.45. The number of alkyl halides is 4. The van der Waals surface area contributed by atoms with Gasteiger partial charge in [0.05, 0.1) is 6.20 Å². The third-order valence-corrected chi connectivity index (χ3v) is 3.58. The van der Waals surface area contributed by atoms with Crippen molar-refractivity contribution in [1.82, 2.24) is 15.3 Å². The molecular weight excluding hydrogens is 332 g/mol. The molecule has 0 spiro atoms. The Hall–Kier alpha value is -1.97. The molecule has 10 heteroatoms. The summed E-state index contributed by atoms with van der Waals surface area (Å²) >= 11 is 0.